The van der Waals surface area contributed by atoms with Gasteiger partial charge in [-0.15, -0.1) is 0 Å². The van der Waals surface area contributed by atoms with Crippen LogP contribution in [0.4, 0.5) is 5.82 Å². The van der Waals surface area contributed by atoms with Crippen molar-refractivity contribution in [3.63, 3.8) is 0 Å². The van der Waals surface area contributed by atoms with E-state index in [4.69, 9.17) is 14.0 Å². The minimum absolute atomic E-state index is 0.0486. The molecule has 7 heteroatoms. The molecule has 0 aliphatic carbocycles. The Hall–Kier alpha value is -2.70. The number of benzene rings is 1. The molecule has 2 N–H and O–H groups in total. The maximum atomic E-state index is 11.8. The molecule has 0 saturated carbocycles. The van der Waals surface area contributed by atoms with E-state index in [1.807, 2.05) is 25.1 Å². The van der Waals surface area contributed by atoms with Crippen LogP contribution in [0.15, 0.2) is 28.8 Å². The molecule has 0 aliphatic heterocycles. The zero-order chi connectivity index (χ0) is 16.7. The number of hydrogen-bond acceptors (Lipinski definition) is 6. The summed E-state index contributed by atoms with van der Waals surface area (Å²) < 4.78 is 15.3. The maximum Gasteiger partial charge on any atom is 0.222 e. The average molecular weight is 319 g/mol. The third kappa shape index (κ3) is 4.91. The summed E-state index contributed by atoms with van der Waals surface area (Å²) in [4.78, 5) is 11.8. The second kappa shape index (κ2) is 8.07. The molecule has 0 fully saturated rings. The highest BCUT2D eigenvalue weighted by Crippen LogP contribution is 2.27. The summed E-state index contributed by atoms with van der Waals surface area (Å²) in [6.07, 6.45) is 0.346. The minimum Gasteiger partial charge on any atom is -0.493 e. The number of nitrogens with zero attached hydrogens (tertiary/aromatic N) is 1. The Kier molecular flexibility index (Phi) is 5.85. The van der Waals surface area contributed by atoms with Gasteiger partial charge in [-0.3, -0.25) is 4.79 Å². The predicted molar refractivity (Wildman–Crippen MR) is 85.7 cm³/mol. The zero-order valence-electron chi connectivity index (χ0n) is 13.5. The first-order chi connectivity index (χ1) is 11.1. The van der Waals surface area contributed by atoms with Crippen molar-refractivity contribution in [2.75, 3.05) is 26.1 Å². The van der Waals surface area contributed by atoms with Gasteiger partial charge in [0.15, 0.2) is 17.3 Å². The molecule has 1 amide bonds. The van der Waals surface area contributed by atoms with E-state index in [-0.39, 0.29) is 5.91 Å². The van der Waals surface area contributed by atoms with Crippen LogP contribution in [0, 0.1) is 6.92 Å². The lowest BCUT2D eigenvalue weighted by Crippen LogP contribution is -2.24. The molecule has 0 aliphatic rings. The lowest BCUT2D eigenvalue weighted by molar-refractivity contribution is -0.121. The fourth-order valence-corrected chi connectivity index (χ4v) is 2.03. The first-order valence-electron chi connectivity index (χ1n) is 7.27. The normalized spacial score (nSPS) is 10.2. The van der Waals surface area contributed by atoms with Crippen LogP contribution in [0.25, 0.3) is 0 Å². The van der Waals surface area contributed by atoms with Crippen LogP contribution in [-0.4, -0.2) is 31.8 Å². The number of rotatable bonds is 8. The van der Waals surface area contributed by atoms with E-state index in [1.165, 1.54) is 0 Å². The van der Waals surface area contributed by atoms with Crippen LogP contribution >= 0.6 is 0 Å². The first kappa shape index (κ1) is 16.7. The highest BCUT2D eigenvalue weighted by molar-refractivity contribution is 5.76. The zero-order valence-corrected chi connectivity index (χ0v) is 13.5. The SMILES string of the molecule is COc1ccc(CNC(=O)CCNc2cc(C)on2)cc1OC. The number of carbonyl (C=O) groups is 1. The van der Waals surface area contributed by atoms with Crippen molar-refractivity contribution in [3.05, 3.63) is 35.6 Å². The van der Waals surface area contributed by atoms with Gasteiger partial charge in [-0.25, -0.2) is 0 Å². The van der Waals surface area contributed by atoms with Gasteiger partial charge in [0, 0.05) is 25.6 Å². The molecule has 1 heterocycles. The maximum absolute atomic E-state index is 11.8. The molecule has 23 heavy (non-hydrogen) atoms. The Labute approximate surface area is 134 Å². The van der Waals surface area contributed by atoms with Gasteiger partial charge in [0.2, 0.25) is 5.91 Å². The second-order valence-corrected chi connectivity index (χ2v) is 4.97. The Bertz CT molecular complexity index is 655. The molecule has 1 aromatic carbocycles. The third-order valence-corrected chi connectivity index (χ3v) is 3.22. The van der Waals surface area contributed by atoms with Crippen LogP contribution in [0.5, 0.6) is 11.5 Å². The largest absolute Gasteiger partial charge is 0.493 e. The van der Waals surface area contributed by atoms with Crippen molar-refractivity contribution in [3.8, 4) is 11.5 Å². The molecule has 0 bridgehead atoms. The first-order valence-corrected chi connectivity index (χ1v) is 7.27. The summed E-state index contributed by atoms with van der Waals surface area (Å²) in [7, 11) is 3.17. The number of carbonyl (C=O) groups excluding carboxylic acids is 1. The molecule has 2 rings (SSSR count). The minimum atomic E-state index is -0.0486. The molecule has 0 atom stereocenters. The number of anilines is 1. The predicted octanol–water partition coefficient (Wildman–Crippen LogP) is 2.12. The van der Waals surface area contributed by atoms with E-state index in [1.54, 1.807) is 20.3 Å². The van der Waals surface area contributed by atoms with E-state index < -0.39 is 0 Å². The van der Waals surface area contributed by atoms with E-state index >= 15 is 0 Å². The quantitative estimate of drug-likeness (QED) is 0.775. The van der Waals surface area contributed by atoms with Crippen LogP contribution in [-0.2, 0) is 11.3 Å². The molecule has 0 radical (unpaired) electrons. The number of methoxy groups -OCH3 is 2. The van der Waals surface area contributed by atoms with Crippen molar-refractivity contribution in [2.24, 2.45) is 0 Å². The number of aromatic nitrogens is 1. The summed E-state index contributed by atoms with van der Waals surface area (Å²) in [5, 5.41) is 9.68. The van der Waals surface area contributed by atoms with Crippen LogP contribution in [0.3, 0.4) is 0 Å². The summed E-state index contributed by atoms with van der Waals surface area (Å²) in [6, 6.07) is 7.32. The van der Waals surface area contributed by atoms with Gasteiger partial charge in [-0.2, -0.15) is 0 Å². The van der Waals surface area contributed by atoms with Gasteiger partial charge in [-0.1, -0.05) is 11.2 Å². The Balaban J connectivity index is 1.75. The Morgan fingerprint density at radius 1 is 1.22 bits per heavy atom. The highest BCUT2D eigenvalue weighted by Gasteiger charge is 2.06. The van der Waals surface area contributed by atoms with Crippen LogP contribution in [0.2, 0.25) is 0 Å². The number of amides is 1. The lowest BCUT2D eigenvalue weighted by atomic mass is 10.2. The standard InChI is InChI=1S/C16H21N3O4/c1-11-8-15(19-23-11)17-7-6-16(20)18-10-12-4-5-13(21-2)14(9-12)22-3/h4-5,8-9H,6-7,10H2,1-3H3,(H,17,19)(H,18,20). The molecular weight excluding hydrogens is 298 g/mol. The lowest BCUT2D eigenvalue weighted by Gasteiger charge is -2.10. The molecule has 7 nitrogen and oxygen atoms in total. The summed E-state index contributed by atoms with van der Waals surface area (Å²) in [6.45, 7) is 2.74. The van der Waals surface area contributed by atoms with Crippen molar-refractivity contribution in [1.29, 1.82) is 0 Å². The van der Waals surface area contributed by atoms with Gasteiger partial charge in [0.25, 0.3) is 0 Å². The van der Waals surface area contributed by atoms with E-state index in [0.717, 1.165) is 11.3 Å². The number of ether oxygens (including phenoxy) is 2. The fraction of sp³-hybridized carbons (Fsp3) is 0.375. The second-order valence-electron chi connectivity index (χ2n) is 4.97. The van der Waals surface area contributed by atoms with Gasteiger partial charge >= 0.3 is 0 Å². The smallest absolute Gasteiger partial charge is 0.222 e. The molecule has 2 aromatic rings. The molecular formula is C16H21N3O4. The van der Waals surface area contributed by atoms with Gasteiger partial charge in [0.1, 0.15) is 5.76 Å². The van der Waals surface area contributed by atoms with Crippen molar-refractivity contribution < 1.29 is 18.8 Å². The van der Waals surface area contributed by atoms with E-state index in [0.29, 0.717) is 36.8 Å². The fourth-order valence-electron chi connectivity index (χ4n) is 2.03. The van der Waals surface area contributed by atoms with Gasteiger partial charge in [-0.05, 0) is 24.6 Å². The molecule has 124 valence electrons. The number of aryl methyl sites for hydroxylation is 1. The Morgan fingerprint density at radius 2 is 2.00 bits per heavy atom. The average Bonchev–Trinajstić information content (AvgIpc) is 2.98. The van der Waals surface area contributed by atoms with E-state index in [2.05, 4.69) is 15.8 Å². The molecule has 0 unspecified atom stereocenters. The van der Waals surface area contributed by atoms with Gasteiger partial charge in [0.05, 0.1) is 14.2 Å². The number of nitrogens with one attached hydrogen (secondary N) is 2. The van der Waals surface area contributed by atoms with Crippen LogP contribution < -0.4 is 20.1 Å². The summed E-state index contributed by atoms with van der Waals surface area (Å²) >= 11 is 0. The van der Waals surface area contributed by atoms with Crippen molar-refractivity contribution in [1.82, 2.24) is 10.5 Å². The topological polar surface area (TPSA) is 85.6 Å². The summed E-state index contributed by atoms with van der Waals surface area (Å²) in [5.74, 6) is 2.62. The van der Waals surface area contributed by atoms with Crippen molar-refractivity contribution in [2.45, 2.75) is 19.9 Å². The summed E-state index contributed by atoms with van der Waals surface area (Å²) in [5.41, 5.74) is 0.941. The van der Waals surface area contributed by atoms with Crippen LogP contribution in [0.1, 0.15) is 17.7 Å². The molecule has 1 aromatic heterocycles. The molecule has 0 spiro atoms. The monoisotopic (exact) mass is 319 g/mol. The molecule has 0 saturated heterocycles. The number of hydrogen-bond donors (Lipinski definition) is 2. The van der Waals surface area contributed by atoms with Gasteiger partial charge < -0.3 is 24.6 Å². The third-order valence-electron chi connectivity index (χ3n) is 3.22. The highest BCUT2D eigenvalue weighted by atomic mass is 16.5. The van der Waals surface area contributed by atoms with Crippen molar-refractivity contribution >= 4 is 11.7 Å². The van der Waals surface area contributed by atoms with E-state index in [9.17, 15) is 4.79 Å². The Morgan fingerprint density at radius 3 is 2.65 bits per heavy atom.